The molecule has 9 heteroatoms. The van der Waals surface area contributed by atoms with E-state index < -0.39 is 41.7 Å². The van der Waals surface area contributed by atoms with Crippen LogP contribution in [-0.4, -0.2) is 35.8 Å². The Bertz CT molecular complexity index is 1050. The number of nitrogens with zero attached hydrogens (tertiary/aromatic N) is 2. The molecule has 1 fully saturated rings. The minimum atomic E-state index is -4.70. The summed E-state index contributed by atoms with van der Waals surface area (Å²) in [6.45, 7) is 1.08. The van der Waals surface area contributed by atoms with E-state index >= 15 is 0 Å². The summed E-state index contributed by atoms with van der Waals surface area (Å²) < 4.78 is 40.4. The number of anilines is 1. The number of benzene rings is 2. The first-order valence-corrected chi connectivity index (χ1v) is 9.32. The van der Waals surface area contributed by atoms with Crippen LogP contribution in [0.2, 0.25) is 0 Å². The number of amides is 4. The molecule has 1 atom stereocenters. The van der Waals surface area contributed by atoms with Crippen molar-refractivity contribution >= 4 is 23.5 Å². The lowest BCUT2D eigenvalue weighted by molar-refractivity contribution is -0.140. The van der Waals surface area contributed by atoms with Gasteiger partial charge in [0, 0.05) is 12.2 Å². The predicted octanol–water partition coefficient (Wildman–Crippen LogP) is 3.06. The molecule has 0 saturated carbocycles. The normalized spacial score (nSPS) is 21.1. The zero-order valence-corrected chi connectivity index (χ0v) is 16.0. The molecule has 0 radical (unpaired) electrons. The third-order valence-corrected chi connectivity index (χ3v) is 5.53. The Balaban J connectivity index is 1.61. The molecular formula is C21H18F3N3O3. The summed E-state index contributed by atoms with van der Waals surface area (Å²) in [7, 11) is 0. The summed E-state index contributed by atoms with van der Waals surface area (Å²) in [5.74, 6) is -1.37. The van der Waals surface area contributed by atoms with Crippen LogP contribution in [0.25, 0.3) is 0 Å². The van der Waals surface area contributed by atoms with Gasteiger partial charge in [-0.2, -0.15) is 13.2 Å². The van der Waals surface area contributed by atoms with Crippen LogP contribution >= 0.6 is 0 Å². The van der Waals surface area contributed by atoms with Gasteiger partial charge in [0.15, 0.2) is 0 Å². The summed E-state index contributed by atoms with van der Waals surface area (Å²) in [6, 6.07) is 11.0. The largest absolute Gasteiger partial charge is 0.416 e. The Labute approximate surface area is 170 Å². The second kappa shape index (κ2) is 6.86. The van der Waals surface area contributed by atoms with E-state index in [2.05, 4.69) is 5.32 Å². The minimum Gasteiger partial charge on any atom is -0.319 e. The summed E-state index contributed by atoms with van der Waals surface area (Å²) in [4.78, 5) is 40.4. The molecule has 0 spiro atoms. The SMILES string of the molecule is C[C@@]1(c2ccccc2C(F)(F)F)NC(=O)N(CC(=O)N2CCc3ccccc32)C1=O. The number of carbonyl (C=O) groups excluding carboxylic acids is 3. The molecule has 6 nitrogen and oxygen atoms in total. The van der Waals surface area contributed by atoms with Crippen molar-refractivity contribution in [1.82, 2.24) is 10.2 Å². The molecule has 2 heterocycles. The maximum Gasteiger partial charge on any atom is 0.416 e. The molecule has 30 heavy (non-hydrogen) atoms. The fourth-order valence-electron chi connectivity index (χ4n) is 4.01. The van der Waals surface area contributed by atoms with Gasteiger partial charge < -0.3 is 10.2 Å². The zero-order chi connectivity index (χ0) is 21.7. The zero-order valence-electron chi connectivity index (χ0n) is 16.0. The number of imide groups is 1. The monoisotopic (exact) mass is 417 g/mol. The lowest BCUT2D eigenvalue weighted by atomic mass is 9.87. The molecule has 0 bridgehead atoms. The van der Waals surface area contributed by atoms with Crippen molar-refractivity contribution in [1.29, 1.82) is 0 Å². The molecule has 1 saturated heterocycles. The Morgan fingerprint density at radius 1 is 1.10 bits per heavy atom. The highest BCUT2D eigenvalue weighted by Gasteiger charge is 2.52. The highest BCUT2D eigenvalue weighted by Crippen LogP contribution is 2.39. The number of fused-ring (bicyclic) bond motifs is 1. The van der Waals surface area contributed by atoms with Crippen LogP contribution in [0, 0.1) is 0 Å². The van der Waals surface area contributed by atoms with Gasteiger partial charge in [0.2, 0.25) is 5.91 Å². The minimum absolute atomic E-state index is 0.364. The van der Waals surface area contributed by atoms with E-state index in [-0.39, 0.29) is 5.56 Å². The van der Waals surface area contributed by atoms with Crippen LogP contribution in [0.4, 0.5) is 23.7 Å². The molecule has 4 rings (SSSR count). The summed E-state index contributed by atoms with van der Waals surface area (Å²) in [5, 5.41) is 2.34. The topological polar surface area (TPSA) is 69.7 Å². The molecular weight excluding hydrogens is 399 g/mol. The van der Waals surface area contributed by atoms with Gasteiger partial charge in [-0.3, -0.25) is 14.5 Å². The van der Waals surface area contributed by atoms with Crippen molar-refractivity contribution in [3.8, 4) is 0 Å². The third kappa shape index (κ3) is 3.10. The fraction of sp³-hybridized carbons (Fsp3) is 0.286. The van der Waals surface area contributed by atoms with Crippen LogP contribution in [-0.2, 0) is 27.7 Å². The molecule has 156 valence electrons. The van der Waals surface area contributed by atoms with E-state index in [1.807, 2.05) is 12.1 Å². The maximum absolute atomic E-state index is 13.5. The van der Waals surface area contributed by atoms with Crippen molar-refractivity contribution in [3.05, 3.63) is 65.2 Å². The Morgan fingerprint density at radius 3 is 2.50 bits per heavy atom. The Kier molecular flexibility index (Phi) is 4.56. The van der Waals surface area contributed by atoms with Crippen LogP contribution in [0.3, 0.4) is 0 Å². The van der Waals surface area contributed by atoms with Crippen molar-refractivity contribution < 1.29 is 27.6 Å². The van der Waals surface area contributed by atoms with Crippen LogP contribution in [0.1, 0.15) is 23.6 Å². The van der Waals surface area contributed by atoms with E-state index in [9.17, 15) is 27.6 Å². The average Bonchev–Trinajstić information content (AvgIpc) is 3.23. The fourth-order valence-corrected chi connectivity index (χ4v) is 4.01. The number of alkyl halides is 3. The smallest absolute Gasteiger partial charge is 0.319 e. The number of nitrogens with one attached hydrogen (secondary N) is 1. The highest BCUT2D eigenvalue weighted by molar-refractivity contribution is 6.11. The molecule has 2 aliphatic rings. The van der Waals surface area contributed by atoms with Gasteiger partial charge in [0.05, 0.1) is 5.56 Å². The first kappa shape index (κ1) is 19.9. The molecule has 0 unspecified atom stereocenters. The lowest BCUT2D eigenvalue weighted by Gasteiger charge is -2.26. The van der Waals surface area contributed by atoms with Crippen LogP contribution < -0.4 is 10.2 Å². The third-order valence-electron chi connectivity index (χ3n) is 5.53. The molecule has 0 aliphatic carbocycles. The molecule has 0 aromatic heterocycles. The lowest BCUT2D eigenvalue weighted by Crippen LogP contribution is -2.45. The molecule has 1 N–H and O–H groups in total. The first-order valence-electron chi connectivity index (χ1n) is 9.32. The second-order valence-electron chi connectivity index (χ2n) is 7.41. The molecule has 2 aromatic rings. The van der Waals surface area contributed by atoms with Crippen molar-refractivity contribution in [2.24, 2.45) is 0 Å². The number of carbonyl (C=O) groups is 3. The van der Waals surface area contributed by atoms with Gasteiger partial charge in [-0.25, -0.2) is 4.79 Å². The molecule has 2 aromatic carbocycles. The van der Waals surface area contributed by atoms with Gasteiger partial charge in [-0.15, -0.1) is 0 Å². The van der Waals surface area contributed by atoms with E-state index in [0.29, 0.717) is 23.6 Å². The second-order valence-corrected chi connectivity index (χ2v) is 7.41. The number of hydrogen-bond acceptors (Lipinski definition) is 3. The van der Waals surface area contributed by atoms with Gasteiger partial charge in [0.1, 0.15) is 12.1 Å². The van der Waals surface area contributed by atoms with Gasteiger partial charge >= 0.3 is 12.2 Å². The molecule has 2 aliphatic heterocycles. The summed E-state index contributed by atoms with van der Waals surface area (Å²) in [5.41, 5.74) is -1.61. The van der Waals surface area contributed by atoms with Crippen LogP contribution in [0.15, 0.2) is 48.5 Å². The van der Waals surface area contributed by atoms with Gasteiger partial charge in [0.25, 0.3) is 5.91 Å². The number of hydrogen-bond donors (Lipinski definition) is 1. The van der Waals surface area contributed by atoms with Crippen LogP contribution in [0.5, 0.6) is 0 Å². The van der Waals surface area contributed by atoms with Crippen molar-refractivity contribution in [2.75, 3.05) is 18.0 Å². The van der Waals surface area contributed by atoms with E-state index in [1.165, 1.54) is 24.0 Å². The summed E-state index contributed by atoms with van der Waals surface area (Å²) >= 11 is 0. The Morgan fingerprint density at radius 2 is 1.77 bits per heavy atom. The number of rotatable bonds is 3. The molecule has 4 amide bonds. The van der Waals surface area contributed by atoms with Crippen molar-refractivity contribution in [2.45, 2.75) is 25.1 Å². The quantitative estimate of drug-likeness (QED) is 0.781. The van der Waals surface area contributed by atoms with E-state index in [1.54, 1.807) is 12.1 Å². The highest BCUT2D eigenvalue weighted by atomic mass is 19.4. The van der Waals surface area contributed by atoms with E-state index in [4.69, 9.17) is 0 Å². The van der Waals surface area contributed by atoms with Gasteiger partial charge in [-0.05, 0) is 36.6 Å². The predicted molar refractivity (Wildman–Crippen MR) is 102 cm³/mol. The first-order chi connectivity index (χ1) is 14.1. The average molecular weight is 417 g/mol. The summed E-state index contributed by atoms with van der Waals surface area (Å²) in [6.07, 6.45) is -4.05. The standard InChI is InChI=1S/C21H18F3N3O3/c1-20(14-7-3-4-8-15(14)21(22,23)24)18(29)27(19(30)25-20)12-17(28)26-11-10-13-6-2-5-9-16(13)26/h2-9H,10-12H2,1H3,(H,25,30)/t20-/m0/s1. The number of urea groups is 1. The van der Waals surface area contributed by atoms with Gasteiger partial charge in [-0.1, -0.05) is 36.4 Å². The number of halogens is 3. The number of para-hydroxylation sites is 1. The maximum atomic E-state index is 13.5. The Hall–Kier alpha value is -3.36. The van der Waals surface area contributed by atoms with E-state index in [0.717, 1.165) is 17.7 Å². The van der Waals surface area contributed by atoms with Crippen molar-refractivity contribution in [3.63, 3.8) is 0 Å².